The van der Waals surface area contributed by atoms with Gasteiger partial charge in [-0.15, -0.1) is 0 Å². The Balaban J connectivity index is 2.74. The van der Waals surface area contributed by atoms with Crippen LogP contribution in [0.15, 0.2) is 18.3 Å². The van der Waals surface area contributed by atoms with Crippen LogP contribution in [0.3, 0.4) is 0 Å². The van der Waals surface area contributed by atoms with Crippen LogP contribution in [0.25, 0.3) is 0 Å². The Bertz CT molecular complexity index is 472. The predicted octanol–water partition coefficient (Wildman–Crippen LogP) is 1.30. The Morgan fingerprint density at radius 3 is 2.95 bits per heavy atom. The van der Waals surface area contributed by atoms with E-state index in [4.69, 9.17) is 5.73 Å². The highest BCUT2D eigenvalue weighted by molar-refractivity contribution is 5.95. The fourth-order valence-corrected chi connectivity index (χ4v) is 1.43. The SMILES string of the molecule is CC/C=C\C(C)N(C)NC(=O)c1nc(C)cnc1N. The molecular weight excluding hydrogens is 242 g/mol. The first kappa shape index (κ1) is 15.1. The van der Waals surface area contributed by atoms with E-state index in [1.165, 1.54) is 6.20 Å². The summed E-state index contributed by atoms with van der Waals surface area (Å²) in [4.78, 5) is 20.1. The van der Waals surface area contributed by atoms with Gasteiger partial charge in [-0.3, -0.25) is 10.2 Å². The van der Waals surface area contributed by atoms with Gasteiger partial charge in [-0.25, -0.2) is 15.0 Å². The first-order valence-corrected chi connectivity index (χ1v) is 6.25. The summed E-state index contributed by atoms with van der Waals surface area (Å²) in [5.41, 5.74) is 9.19. The quantitative estimate of drug-likeness (QED) is 0.618. The number of aryl methyl sites for hydroxylation is 1. The molecule has 1 atom stereocenters. The minimum absolute atomic E-state index is 0.0860. The summed E-state index contributed by atoms with van der Waals surface area (Å²) in [7, 11) is 1.79. The largest absolute Gasteiger partial charge is 0.382 e. The smallest absolute Gasteiger partial charge is 0.288 e. The number of hydrogen-bond acceptors (Lipinski definition) is 5. The van der Waals surface area contributed by atoms with Crippen LogP contribution in [0.1, 0.15) is 36.5 Å². The molecular formula is C13H21N5O. The summed E-state index contributed by atoms with van der Waals surface area (Å²) in [6.07, 6.45) is 6.56. The third kappa shape index (κ3) is 4.33. The average molecular weight is 263 g/mol. The van der Waals surface area contributed by atoms with E-state index in [1.807, 2.05) is 19.1 Å². The fraction of sp³-hybridized carbons (Fsp3) is 0.462. The van der Waals surface area contributed by atoms with Crippen molar-refractivity contribution in [3.63, 3.8) is 0 Å². The number of allylic oxidation sites excluding steroid dienone is 1. The molecule has 0 saturated heterocycles. The standard InChI is InChI=1S/C13H21N5O/c1-5-6-7-10(3)18(4)17-13(19)11-12(14)15-8-9(2)16-11/h6-8,10H,5H2,1-4H3,(H2,14,15)(H,17,19)/b7-6-. The first-order chi connectivity index (χ1) is 8.95. The normalized spacial score (nSPS) is 12.9. The van der Waals surface area contributed by atoms with Crippen LogP contribution in [-0.4, -0.2) is 34.0 Å². The molecule has 0 spiro atoms. The Hall–Kier alpha value is -1.95. The summed E-state index contributed by atoms with van der Waals surface area (Å²) in [6.45, 7) is 5.81. The van der Waals surface area contributed by atoms with E-state index in [9.17, 15) is 4.79 Å². The minimum Gasteiger partial charge on any atom is -0.382 e. The maximum atomic E-state index is 12.0. The molecule has 19 heavy (non-hydrogen) atoms. The molecule has 104 valence electrons. The first-order valence-electron chi connectivity index (χ1n) is 6.25. The van der Waals surface area contributed by atoms with Crippen LogP contribution in [0.2, 0.25) is 0 Å². The van der Waals surface area contributed by atoms with Gasteiger partial charge >= 0.3 is 0 Å². The van der Waals surface area contributed by atoms with Gasteiger partial charge in [-0.1, -0.05) is 19.1 Å². The van der Waals surface area contributed by atoms with Crippen LogP contribution in [-0.2, 0) is 0 Å². The number of hydrazine groups is 1. The molecule has 6 nitrogen and oxygen atoms in total. The number of carbonyl (C=O) groups is 1. The van der Waals surface area contributed by atoms with Gasteiger partial charge in [0.2, 0.25) is 0 Å². The van der Waals surface area contributed by atoms with E-state index < -0.39 is 0 Å². The number of nitrogens with two attached hydrogens (primary N) is 1. The zero-order valence-electron chi connectivity index (χ0n) is 11.8. The monoisotopic (exact) mass is 263 g/mol. The topological polar surface area (TPSA) is 84.1 Å². The number of likely N-dealkylation sites (N-methyl/N-ethyl adjacent to an activating group) is 1. The van der Waals surface area contributed by atoms with Crippen molar-refractivity contribution in [3.8, 4) is 0 Å². The lowest BCUT2D eigenvalue weighted by atomic mass is 10.3. The van der Waals surface area contributed by atoms with Gasteiger partial charge in [0.25, 0.3) is 5.91 Å². The van der Waals surface area contributed by atoms with Crippen molar-refractivity contribution in [2.75, 3.05) is 12.8 Å². The van der Waals surface area contributed by atoms with Crippen molar-refractivity contribution in [2.45, 2.75) is 33.2 Å². The summed E-state index contributed by atoms with van der Waals surface area (Å²) in [5.74, 6) is -0.221. The van der Waals surface area contributed by atoms with Crippen LogP contribution in [0.5, 0.6) is 0 Å². The highest BCUT2D eigenvalue weighted by Gasteiger charge is 2.16. The van der Waals surface area contributed by atoms with Crippen molar-refractivity contribution >= 4 is 11.7 Å². The van der Waals surface area contributed by atoms with Crippen LogP contribution in [0, 0.1) is 6.92 Å². The zero-order valence-corrected chi connectivity index (χ0v) is 11.8. The number of nitrogen functional groups attached to an aromatic ring is 1. The van der Waals surface area contributed by atoms with Crippen molar-refractivity contribution in [1.82, 2.24) is 20.4 Å². The number of aromatic nitrogens is 2. The fourth-order valence-electron chi connectivity index (χ4n) is 1.43. The number of hydrogen-bond donors (Lipinski definition) is 2. The highest BCUT2D eigenvalue weighted by Crippen LogP contribution is 2.06. The van der Waals surface area contributed by atoms with Crippen molar-refractivity contribution in [3.05, 3.63) is 29.7 Å². The maximum absolute atomic E-state index is 12.0. The van der Waals surface area contributed by atoms with Crippen LogP contribution >= 0.6 is 0 Å². The number of anilines is 1. The molecule has 0 fully saturated rings. The van der Waals surface area contributed by atoms with Crippen molar-refractivity contribution < 1.29 is 4.79 Å². The molecule has 0 aliphatic carbocycles. The van der Waals surface area contributed by atoms with Gasteiger partial charge in [-0.05, 0) is 20.3 Å². The molecule has 0 radical (unpaired) electrons. The molecule has 1 heterocycles. The van der Waals surface area contributed by atoms with Gasteiger partial charge < -0.3 is 5.73 Å². The molecule has 1 aromatic rings. The maximum Gasteiger partial charge on any atom is 0.288 e. The van der Waals surface area contributed by atoms with Crippen molar-refractivity contribution in [1.29, 1.82) is 0 Å². The molecule has 6 heteroatoms. The molecule has 0 saturated carbocycles. The molecule has 3 N–H and O–H groups in total. The Labute approximate surface area is 113 Å². The number of carbonyl (C=O) groups excluding carboxylic acids is 1. The van der Waals surface area contributed by atoms with Crippen LogP contribution < -0.4 is 11.2 Å². The van der Waals surface area contributed by atoms with E-state index in [0.717, 1.165) is 6.42 Å². The Kier molecular flexibility index (Phi) is 5.44. The zero-order chi connectivity index (χ0) is 14.4. The third-order valence-electron chi connectivity index (χ3n) is 2.68. The van der Waals surface area contributed by atoms with Crippen molar-refractivity contribution in [2.24, 2.45) is 0 Å². The molecule has 0 aliphatic heterocycles. The lowest BCUT2D eigenvalue weighted by Gasteiger charge is -2.22. The van der Waals surface area contributed by atoms with E-state index in [1.54, 1.807) is 19.0 Å². The third-order valence-corrected chi connectivity index (χ3v) is 2.68. The van der Waals surface area contributed by atoms with E-state index in [-0.39, 0.29) is 23.5 Å². The van der Waals surface area contributed by atoms with E-state index in [2.05, 4.69) is 22.3 Å². The lowest BCUT2D eigenvalue weighted by molar-refractivity contribution is 0.0797. The second-order valence-corrected chi connectivity index (χ2v) is 4.37. The number of rotatable bonds is 5. The summed E-state index contributed by atoms with van der Waals surface area (Å²) in [5, 5.41) is 1.71. The lowest BCUT2D eigenvalue weighted by Crippen LogP contribution is -2.44. The number of nitrogens with one attached hydrogen (secondary N) is 1. The molecule has 1 unspecified atom stereocenters. The summed E-state index contributed by atoms with van der Waals surface area (Å²) < 4.78 is 0. The number of nitrogens with zero attached hydrogens (tertiary/aromatic N) is 3. The van der Waals surface area contributed by atoms with Gasteiger partial charge in [0.05, 0.1) is 11.9 Å². The molecule has 0 aliphatic rings. The van der Waals surface area contributed by atoms with Gasteiger partial charge in [0.1, 0.15) is 0 Å². The Morgan fingerprint density at radius 1 is 1.63 bits per heavy atom. The molecule has 0 aromatic carbocycles. The number of amides is 1. The van der Waals surface area contributed by atoms with Gasteiger partial charge in [-0.2, -0.15) is 0 Å². The Morgan fingerprint density at radius 2 is 2.32 bits per heavy atom. The summed E-state index contributed by atoms with van der Waals surface area (Å²) in [6, 6.07) is 0.0860. The van der Waals surface area contributed by atoms with E-state index >= 15 is 0 Å². The highest BCUT2D eigenvalue weighted by atomic mass is 16.2. The van der Waals surface area contributed by atoms with E-state index in [0.29, 0.717) is 5.69 Å². The molecule has 1 aromatic heterocycles. The van der Waals surface area contributed by atoms with Crippen LogP contribution in [0.4, 0.5) is 5.82 Å². The molecule has 1 rings (SSSR count). The predicted molar refractivity (Wildman–Crippen MR) is 75.3 cm³/mol. The second-order valence-electron chi connectivity index (χ2n) is 4.37. The van der Waals surface area contributed by atoms with Gasteiger partial charge in [0, 0.05) is 13.1 Å². The minimum atomic E-state index is -0.354. The summed E-state index contributed by atoms with van der Waals surface area (Å²) >= 11 is 0. The van der Waals surface area contributed by atoms with Gasteiger partial charge in [0.15, 0.2) is 11.5 Å². The average Bonchev–Trinajstić information content (AvgIpc) is 2.38. The molecule has 1 amide bonds. The molecule has 0 bridgehead atoms. The second kappa shape index (κ2) is 6.84.